The standard InChI is InChI=1S/C19H20N6O/c1-14(13-25-18-9-5-3-7-16(18)22-23-25)21-19(26)10-11-24-17-8-4-2-6-15(17)12-20-24/h2-9,12,14H,10-11,13H2,1H3,(H,21,26)/t14-/m0/s1. The van der Waals surface area contributed by atoms with E-state index in [9.17, 15) is 4.79 Å². The van der Waals surface area contributed by atoms with Gasteiger partial charge in [0, 0.05) is 17.8 Å². The van der Waals surface area contributed by atoms with E-state index in [0.29, 0.717) is 19.5 Å². The van der Waals surface area contributed by atoms with Crippen LogP contribution < -0.4 is 5.32 Å². The molecule has 26 heavy (non-hydrogen) atoms. The fourth-order valence-corrected chi connectivity index (χ4v) is 3.12. The molecule has 0 saturated heterocycles. The first-order valence-corrected chi connectivity index (χ1v) is 8.69. The number of rotatable bonds is 6. The smallest absolute Gasteiger partial charge is 0.222 e. The largest absolute Gasteiger partial charge is 0.352 e. The van der Waals surface area contributed by atoms with Crippen molar-refractivity contribution in [2.75, 3.05) is 0 Å². The van der Waals surface area contributed by atoms with E-state index in [1.807, 2.05) is 71.0 Å². The van der Waals surface area contributed by atoms with Crippen molar-refractivity contribution in [3.05, 3.63) is 54.7 Å². The number of fused-ring (bicyclic) bond motifs is 2. The third-order valence-electron chi connectivity index (χ3n) is 4.38. The van der Waals surface area contributed by atoms with Gasteiger partial charge in [-0.3, -0.25) is 9.48 Å². The Kier molecular flexibility index (Phi) is 4.35. The summed E-state index contributed by atoms with van der Waals surface area (Å²) in [6, 6.07) is 15.8. The first kappa shape index (κ1) is 16.3. The Bertz CT molecular complexity index is 1050. The number of para-hydroxylation sites is 2. The van der Waals surface area contributed by atoms with Gasteiger partial charge in [0.15, 0.2) is 0 Å². The van der Waals surface area contributed by atoms with E-state index in [0.717, 1.165) is 21.9 Å². The molecule has 2 aromatic heterocycles. The molecule has 0 saturated carbocycles. The van der Waals surface area contributed by atoms with Crippen molar-refractivity contribution in [1.82, 2.24) is 30.1 Å². The van der Waals surface area contributed by atoms with E-state index in [4.69, 9.17) is 0 Å². The molecule has 1 atom stereocenters. The number of nitrogens with one attached hydrogen (secondary N) is 1. The Labute approximate surface area is 150 Å². The lowest BCUT2D eigenvalue weighted by molar-refractivity contribution is -0.122. The average molecular weight is 348 g/mol. The number of carbonyl (C=O) groups excluding carboxylic acids is 1. The SMILES string of the molecule is C[C@@H](Cn1nnc2ccccc21)NC(=O)CCn1ncc2ccccc21. The Morgan fingerprint density at radius 2 is 1.85 bits per heavy atom. The molecule has 4 rings (SSSR count). The first-order valence-electron chi connectivity index (χ1n) is 8.69. The highest BCUT2D eigenvalue weighted by molar-refractivity contribution is 5.79. The molecule has 0 aliphatic rings. The number of hydrogen-bond acceptors (Lipinski definition) is 4. The predicted octanol–water partition coefficient (Wildman–Crippen LogP) is 2.38. The molecule has 4 aromatic rings. The molecule has 7 nitrogen and oxygen atoms in total. The van der Waals surface area contributed by atoms with Gasteiger partial charge in [0.2, 0.25) is 5.91 Å². The number of amides is 1. The van der Waals surface area contributed by atoms with Gasteiger partial charge in [-0.2, -0.15) is 5.10 Å². The minimum Gasteiger partial charge on any atom is -0.352 e. The molecule has 0 radical (unpaired) electrons. The summed E-state index contributed by atoms with van der Waals surface area (Å²) in [5.74, 6) is 0.00139. The van der Waals surface area contributed by atoms with Crippen LogP contribution in [-0.2, 0) is 17.9 Å². The summed E-state index contributed by atoms with van der Waals surface area (Å²) in [5.41, 5.74) is 2.87. The van der Waals surface area contributed by atoms with E-state index >= 15 is 0 Å². The lowest BCUT2D eigenvalue weighted by Crippen LogP contribution is -2.36. The monoisotopic (exact) mass is 348 g/mol. The summed E-state index contributed by atoms with van der Waals surface area (Å²) in [4.78, 5) is 12.3. The zero-order valence-corrected chi connectivity index (χ0v) is 14.5. The molecule has 1 amide bonds. The van der Waals surface area contributed by atoms with Crippen LogP contribution in [0.25, 0.3) is 21.9 Å². The normalized spacial score (nSPS) is 12.5. The van der Waals surface area contributed by atoms with E-state index in [1.54, 1.807) is 0 Å². The first-order chi connectivity index (χ1) is 12.7. The van der Waals surface area contributed by atoms with Crippen LogP contribution in [0.3, 0.4) is 0 Å². The lowest BCUT2D eigenvalue weighted by atomic mass is 10.2. The maximum Gasteiger partial charge on any atom is 0.222 e. The maximum absolute atomic E-state index is 12.3. The van der Waals surface area contributed by atoms with E-state index < -0.39 is 0 Å². The van der Waals surface area contributed by atoms with Crippen LogP contribution >= 0.6 is 0 Å². The molecule has 0 bridgehead atoms. The van der Waals surface area contributed by atoms with Crippen LogP contribution in [0.15, 0.2) is 54.7 Å². The number of aromatic nitrogens is 5. The third-order valence-corrected chi connectivity index (χ3v) is 4.38. The van der Waals surface area contributed by atoms with Gasteiger partial charge in [-0.25, -0.2) is 4.68 Å². The van der Waals surface area contributed by atoms with Gasteiger partial charge in [0.1, 0.15) is 5.52 Å². The van der Waals surface area contributed by atoms with Gasteiger partial charge in [0.05, 0.1) is 30.3 Å². The van der Waals surface area contributed by atoms with Crippen LogP contribution in [0.5, 0.6) is 0 Å². The van der Waals surface area contributed by atoms with Crippen molar-refractivity contribution < 1.29 is 4.79 Å². The highest BCUT2D eigenvalue weighted by Crippen LogP contribution is 2.13. The number of hydrogen-bond donors (Lipinski definition) is 1. The van der Waals surface area contributed by atoms with Crippen LogP contribution in [0.1, 0.15) is 13.3 Å². The molecular weight excluding hydrogens is 328 g/mol. The Hall–Kier alpha value is -3.22. The zero-order chi connectivity index (χ0) is 17.9. The van der Waals surface area contributed by atoms with Gasteiger partial charge in [-0.15, -0.1) is 5.10 Å². The van der Waals surface area contributed by atoms with Gasteiger partial charge < -0.3 is 5.32 Å². The van der Waals surface area contributed by atoms with Crippen molar-refractivity contribution >= 4 is 27.8 Å². The van der Waals surface area contributed by atoms with Crippen LogP contribution in [0, 0.1) is 0 Å². The minimum atomic E-state index is -0.0398. The molecule has 7 heteroatoms. The molecule has 132 valence electrons. The summed E-state index contributed by atoms with van der Waals surface area (Å²) in [5, 5.41) is 16.8. The zero-order valence-electron chi connectivity index (χ0n) is 14.5. The highest BCUT2D eigenvalue weighted by atomic mass is 16.1. The molecule has 2 aromatic carbocycles. The predicted molar refractivity (Wildman–Crippen MR) is 99.5 cm³/mol. The Morgan fingerprint density at radius 1 is 1.08 bits per heavy atom. The Balaban J connectivity index is 1.34. The van der Waals surface area contributed by atoms with Gasteiger partial charge in [-0.05, 0) is 25.1 Å². The quantitative estimate of drug-likeness (QED) is 0.580. The summed E-state index contributed by atoms with van der Waals surface area (Å²) in [6.45, 7) is 3.10. The molecule has 1 N–H and O–H groups in total. The molecule has 0 spiro atoms. The minimum absolute atomic E-state index is 0.00139. The summed E-state index contributed by atoms with van der Waals surface area (Å²) >= 11 is 0. The van der Waals surface area contributed by atoms with Gasteiger partial charge in [-0.1, -0.05) is 35.5 Å². The molecule has 0 aliphatic heterocycles. The second kappa shape index (κ2) is 6.95. The molecule has 2 heterocycles. The Morgan fingerprint density at radius 3 is 2.73 bits per heavy atom. The van der Waals surface area contributed by atoms with Crippen molar-refractivity contribution in [3.8, 4) is 0 Å². The summed E-state index contributed by atoms with van der Waals surface area (Å²) < 4.78 is 3.69. The number of benzene rings is 2. The van der Waals surface area contributed by atoms with Crippen molar-refractivity contribution in [3.63, 3.8) is 0 Å². The summed E-state index contributed by atoms with van der Waals surface area (Å²) in [7, 11) is 0. The molecule has 0 fully saturated rings. The second-order valence-electron chi connectivity index (χ2n) is 6.41. The summed E-state index contributed by atoms with van der Waals surface area (Å²) in [6.07, 6.45) is 2.21. The van der Waals surface area contributed by atoms with E-state index in [-0.39, 0.29) is 11.9 Å². The molecular formula is C19H20N6O. The van der Waals surface area contributed by atoms with Crippen molar-refractivity contribution in [1.29, 1.82) is 0 Å². The van der Waals surface area contributed by atoms with Crippen LogP contribution in [0.4, 0.5) is 0 Å². The fraction of sp³-hybridized carbons (Fsp3) is 0.263. The topological polar surface area (TPSA) is 77.6 Å². The van der Waals surface area contributed by atoms with Crippen molar-refractivity contribution in [2.45, 2.75) is 32.5 Å². The molecule has 0 aliphatic carbocycles. The average Bonchev–Trinajstić information content (AvgIpc) is 3.24. The molecule has 0 unspecified atom stereocenters. The lowest BCUT2D eigenvalue weighted by Gasteiger charge is -2.14. The number of carbonyl (C=O) groups is 1. The van der Waals surface area contributed by atoms with Gasteiger partial charge in [0.25, 0.3) is 0 Å². The van der Waals surface area contributed by atoms with Crippen molar-refractivity contribution in [2.24, 2.45) is 0 Å². The third kappa shape index (κ3) is 3.28. The number of aryl methyl sites for hydroxylation is 1. The number of nitrogens with zero attached hydrogens (tertiary/aromatic N) is 5. The second-order valence-corrected chi connectivity index (χ2v) is 6.41. The van der Waals surface area contributed by atoms with E-state index in [2.05, 4.69) is 20.7 Å². The fourth-order valence-electron chi connectivity index (χ4n) is 3.12. The van der Waals surface area contributed by atoms with Gasteiger partial charge >= 0.3 is 0 Å². The highest BCUT2D eigenvalue weighted by Gasteiger charge is 2.12. The van der Waals surface area contributed by atoms with Crippen LogP contribution in [0.2, 0.25) is 0 Å². The van der Waals surface area contributed by atoms with E-state index in [1.165, 1.54) is 0 Å². The maximum atomic E-state index is 12.3. The van der Waals surface area contributed by atoms with Crippen LogP contribution in [-0.4, -0.2) is 36.7 Å².